The molecule has 0 aliphatic carbocycles. The number of hydrogen-bond acceptors (Lipinski definition) is 3. The number of anilines is 1. The molecule has 21 heavy (non-hydrogen) atoms. The van der Waals surface area contributed by atoms with Crippen molar-refractivity contribution < 1.29 is 0 Å². The number of hydrogen-bond donors (Lipinski definition) is 2. The quantitative estimate of drug-likeness (QED) is 0.872. The molecule has 1 saturated heterocycles. The Morgan fingerprint density at radius 2 is 2.38 bits per heavy atom. The van der Waals surface area contributed by atoms with E-state index in [-0.39, 0.29) is 0 Å². The van der Waals surface area contributed by atoms with Gasteiger partial charge in [-0.25, -0.2) is 0 Å². The van der Waals surface area contributed by atoms with Gasteiger partial charge in [0.05, 0.1) is 6.20 Å². The van der Waals surface area contributed by atoms with E-state index in [1.54, 1.807) is 0 Å². The number of aryl methyl sites for hydroxylation is 1. The number of aromatic amines is 1. The highest BCUT2D eigenvalue weighted by molar-refractivity contribution is 9.10. The van der Waals surface area contributed by atoms with Crippen molar-refractivity contribution in [3.63, 3.8) is 0 Å². The molecule has 0 amide bonds. The summed E-state index contributed by atoms with van der Waals surface area (Å²) in [5.41, 5.74) is 3.74. The molecule has 112 valence electrons. The zero-order valence-corrected chi connectivity index (χ0v) is 13.9. The minimum Gasteiger partial charge on any atom is -0.371 e. The normalized spacial score (nSPS) is 18.4. The van der Waals surface area contributed by atoms with Crippen LogP contribution < -0.4 is 10.2 Å². The first-order valence-electron chi connectivity index (χ1n) is 7.42. The van der Waals surface area contributed by atoms with E-state index in [2.05, 4.69) is 67.5 Å². The van der Waals surface area contributed by atoms with Crippen LogP contribution in [0.15, 0.2) is 34.9 Å². The number of H-pyrrole nitrogens is 1. The number of aromatic nitrogens is 2. The van der Waals surface area contributed by atoms with Gasteiger partial charge in [0.1, 0.15) is 0 Å². The molecule has 1 aromatic carbocycles. The molecule has 1 unspecified atom stereocenters. The monoisotopic (exact) mass is 348 g/mol. The van der Waals surface area contributed by atoms with Gasteiger partial charge in [-0.15, -0.1) is 0 Å². The van der Waals surface area contributed by atoms with E-state index in [9.17, 15) is 0 Å². The average molecular weight is 349 g/mol. The van der Waals surface area contributed by atoms with E-state index >= 15 is 0 Å². The highest BCUT2D eigenvalue weighted by atomic mass is 79.9. The summed E-state index contributed by atoms with van der Waals surface area (Å²) in [7, 11) is 0. The topological polar surface area (TPSA) is 44.0 Å². The number of halogens is 1. The lowest BCUT2D eigenvalue weighted by Gasteiger charge is -2.19. The standard InChI is InChI=1S/C16H21BrN4/c1-12-14(10-19-20-12)9-18-8-13-5-6-21(11-13)16-4-2-3-15(17)7-16/h2-4,7,10,13,18H,5-6,8-9,11H2,1H3,(H,19,20). The number of nitrogens with one attached hydrogen (secondary N) is 2. The molecule has 1 aliphatic heterocycles. The van der Waals surface area contributed by atoms with Gasteiger partial charge in [0.2, 0.25) is 0 Å². The molecule has 3 rings (SSSR count). The predicted octanol–water partition coefficient (Wildman–Crippen LogP) is 3.10. The molecule has 0 radical (unpaired) electrons. The Kier molecular flexibility index (Phi) is 4.60. The van der Waals surface area contributed by atoms with Crippen LogP contribution in [0.2, 0.25) is 0 Å². The van der Waals surface area contributed by atoms with Crippen molar-refractivity contribution in [2.45, 2.75) is 19.9 Å². The predicted molar refractivity (Wildman–Crippen MR) is 89.5 cm³/mol. The molecule has 0 saturated carbocycles. The molecule has 0 bridgehead atoms. The van der Waals surface area contributed by atoms with Crippen molar-refractivity contribution in [2.24, 2.45) is 5.92 Å². The van der Waals surface area contributed by atoms with E-state index in [1.165, 1.54) is 17.7 Å². The third kappa shape index (κ3) is 3.66. The van der Waals surface area contributed by atoms with Crippen molar-refractivity contribution in [2.75, 3.05) is 24.5 Å². The smallest absolute Gasteiger partial charge is 0.0535 e. The highest BCUT2D eigenvalue weighted by Crippen LogP contribution is 2.25. The summed E-state index contributed by atoms with van der Waals surface area (Å²) in [6.45, 7) is 6.31. The maximum Gasteiger partial charge on any atom is 0.0535 e. The minimum absolute atomic E-state index is 0.719. The van der Waals surface area contributed by atoms with Gasteiger partial charge in [-0.2, -0.15) is 5.10 Å². The van der Waals surface area contributed by atoms with Gasteiger partial charge in [-0.1, -0.05) is 22.0 Å². The number of nitrogens with zero attached hydrogens (tertiary/aromatic N) is 2. The summed E-state index contributed by atoms with van der Waals surface area (Å²) in [5.74, 6) is 0.719. The van der Waals surface area contributed by atoms with Crippen LogP contribution >= 0.6 is 15.9 Å². The fraction of sp³-hybridized carbons (Fsp3) is 0.438. The van der Waals surface area contributed by atoms with Gasteiger partial charge in [0, 0.05) is 47.6 Å². The fourth-order valence-electron chi connectivity index (χ4n) is 2.87. The Morgan fingerprint density at radius 1 is 1.48 bits per heavy atom. The van der Waals surface area contributed by atoms with E-state index in [4.69, 9.17) is 0 Å². The van der Waals surface area contributed by atoms with Gasteiger partial charge < -0.3 is 10.2 Å². The van der Waals surface area contributed by atoms with Crippen molar-refractivity contribution >= 4 is 21.6 Å². The molecule has 4 nitrogen and oxygen atoms in total. The van der Waals surface area contributed by atoms with Crippen LogP contribution in [0.25, 0.3) is 0 Å². The Labute approximate surface area is 134 Å². The average Bonchev–Trinajstić information content (AvgIpc) is 3.09. The SMILES string of the molecule is Cc1[nH]ncc1CNCC1CCN(c2cccc(Br)c2)C1. The van der Waals surface area contributed by atoms with Gasteiger partial charge in [-0.05, 0) is 37.5 Å². The van der Waals surface area contributed by atoms with Crippen LogP contribution in [0.4, 0.5) is 5.69 Å². The van der Waals surface area contributed by atoms with E-state index in [0.717, 1.165) is 42.3 Å². The van der Waals surface area contributed by atoms with Crippen LogP contribution in [-0.2, 0) is 6.54 Å². The molecule has 1 aromatic heterocycles. The maximum absolute atomic E-state index is 4.05. The molecule has 1 atom stereocenters. The molecule has 2 heterocycles. The third-order valence-corrected chi connectivity index (χ3v) is 4.64. The minimum atomic E-state index is 0.719. The molecular formula is C16H21BrN4. The second kappa shape index (κ2) is 6.62. The first kappa shape index (κ1) is 14.6. The van der Waals surface area contributed by atoms with E-state index in [0.29, 0.717) is 0 Å². The lowest BCUT2D eigenvalue weighted by molar-refractivity contribution is 0.516. The summed E-state index contributed by atoms with van der Waals surface area (Å²) in [4.78, 5) is 2.47. The molecule has 2 aromatic rings. The molecular weight excluding hydrogens is 328 g/mol. The zero-order chi connectivity index (χ0) is 14.7. The molecule has 5 heteroatoms. The van der Waals surface area contributed by atoms with Crippen LogP contribution in [0.1, 0.15) is 17.7 Å². The second-order valence-corrected chi connectivity index (χ2v) is 6.65. The number of rotatable bonds is 5. The molecule has 0 spiro atoms. The lowest BCUT2D eigenvalue weighted by Crippen LogP contribution is -2.26. The first-order valence-corrected chi connectivity index (χ1v) is 8.22. The highest BCUT2D eigenvalue weighted by Gasteiger charge is 2.22. The summed E-state index contributed by atoms with van der Waals surface area (Å²) in [5, 5.41) is 10.6. The Bertz CT molecular complexity index is 595. The summed E-state index contributed by atoms with van der Waals surface area (Å²) >= 11 is 3.55. The zero-order valence-electron chi connectivity index (χ0n) is 12.3. The van der Waals surface area contributed by atoms with Crippen molar-refractivity contribution in [1.29, 1.82) is 0 Å². The summed E-state index contributed by atoms with van der Waals surface area (Å²) in [6, 6.07) is 8.57. The van der Waals surface area contributed by atoms with Gasteiger partial charge in [-0.3, -0.25) is 5.10 Å². The molecule has 1 aliphatic rings. The van der Waals surface area contributed by atoms with E-state index < -0.39 is 0 Å². The van der Waals surface area contributed by atoms with Crippen LogP contribution in [0, 0.1) is 12.8 Å². The van der Waals surface area contributed by atoms with Crippen LogP contribution in [0.3, 0.4) is 0 Å². The van der Waals surface area contributed by atoms with Crippen LogP contribution in [-0.4, -0.2) is 29.8 Å². The Hall–Kier alpha value is -1.33. The van der Waals surface area contributed by atoms with Crippen LogP contribution in [0.5, 0.6) is 0 Å². The van der Waals surface area contributed by atoms with Gasteiger partial charge >= 0.3 is 0 Å². The maximum atomic E-state index is 4.05. The molecule has 2 N–H and O–H groups in total. The van der Waals surface area contributed by atoms with Crippen molar-refractivity contribution in [1.82, 2.24) is 15.5 Å². The van der Waals surface area contributed by atoms with Crippen molar-refractivity contribution in [3.05, 3.63) is 46.2 Å². The summed E-state index contributed by atoms with van der Waals surface area (Å²) < 4.78 is 1.15. The molecule has 1 fully saturated rings. The van der Waals surface area contributed by atoms with E-state index in [1.807, 2.05) is 6.20 Å². The van der Waals surface area contributed by atoms with Gasteiger partial charge in [0.15, 0.2) is 0 Å². The first-order chi connectivity index (χ1) is 10.2. The van der Waals surface area contributed by atoms with Gasteiger partial charge in [0.25, 0.3) is 0 Å². The Morgan fingerprint density at radius 3 is 3.14 bits per heavy atom. The number of benzene rings is 1. The summed E-state index contributed by atoms with van der Waals surface area (Å²) in [6.07, 6.45) is 3.16. The third-order valence-electron chi connectivity index (χ3n) is 4.14. The fourth-order valence-corrected chi connectivity index (χ4v) is 3.26. The lowest BCUT2D eigenvalue weighted by atomic mass is 10.1. The van der Waals surface area contributed by atoms with Crippen molar-refractivity contribution in [3.8, 4) is 0 Å². The second-order valence-electron chi connectivity index (χ2n) is 5.73. The Balaban J connectivity index is 1.48. The largest absolute Gasteiger partial charge is 0.371 e.